The molecule has 0 aromatic heterocycles. The predicted molar refractivity (Wildman–Crippen MR) is 79.3 cm³/mol. The summed E-state index contributed by atoms with van der Waals surface area (Å²) in [7, 11) is 1.75. The maximum Gasteiger partial charge on any atom is 0.322 e. The fraction of sp³-hybridized carbons (Fsp3) is 0.250. The molecule has 1 aromatic carbocycles. The molecule has 108 valence electrons. The van der Waals surface area contributed by atoms with Crippen molar-refractivity contribution in [2.24, 2.45) is 0 Å². The van der Waals surface area contributed by atoms with E-state index < -0.39 is 0 Å². The zero-order chi connectivity index (χ0) is 15.0. The third-order valence-corrected chi connectivity index (χ3v) is 3.85. The lowest BCUT2D eigenvalue weighted by atomic mass is 9.95. The van der Waals surface area contributed by atoms with Crippen LogP contribution in [0.4, 0.5) is 4.79 Å². The van der Waals surface area contributed by atoms with Crippen molar-refractivity contribution in [3.05, 3.63) is 59.8 Å². The average molecular weight is 283 g/mol. The molecule has 1 N–H and O–H groups in total. The smallest absolute Gasteiger partial charge is 0.322 e. The minimum atomic E-state index is -0.382. The summed E-state index contributed by atoms with van der Waals surface area (Å²) in [5, 5.41) is 2.92. The second kappa shape index (κ2) is 5.09. The van der Waals surface area contributed by atoms with Crippen molar-refractivity contribution < 1.29 is 9.59 Å². The predicted octanol–water partition coefficient (Wildman–Crippen LogP) is 1.67. The molecular formula is C16H17N3O2. The van der Waals surface area contributed by atoms with Crippen LogP contribution in [0.3, 0.4) is 0 Å². The largest absolute Gasteiger partial charge is 0.336 e. The van der Waals surface area contributed by atoms with Crippen LogP contribution in [-0.4, -0.2) is 41.9 Å². The Hall–Kier alpha value is -2.56. The number of amides is 3. The molecule has 0 aliphatic carbocycles. The molecule has 1 atom stereocenters. The topological polar surface area (TPSA) is 52.7 Å². The monoisotopic (exact) mass is 283 g/mol. The van der Waals surface area contributed by atoms with Gasteiger partial charge in [0.2, 0.25) is 0 Å². The maximum atomic E-state index is 12.4. The molecule has 0 bridgehead atoms. The third-order valence-electron chi connectivity index (χ3n) is 3.85. The van der Waals surface area contributed by atoms with Gasteiger partial charge in [-0.2, -0.15) is 0 Å². The van der Waals surface area contributed by atoms with Gasteiger partial charge in [0.05, 0.1) is 23.9 Å². The van der Waals surface area contributed by atoms with Gasteiger partial charge in [0, 0.05) is 13.6 Å². The summed E-state index contributed by atoms with van der Waals surface area (Å²) < 4.78 is 0. The molecule has 0 saturated heterocycles. The highest BCUT2D eigenvalue weighted by molar-refractivity contribution is 6.01. The van der Waals surface area contributed by atoms with Crippen LogP contribution in [-0.2, 0) is 4.79 Å². The lowest BCUT2D eigenvalue weighted by Crippen LogP contribution is -2.47. The molecule has 5 heteroatoms. The molecule has 5 nitrogen and oxygen atoms in total. The summed E-state index contributed by atoms with van der Waals surface area (Å²) in [5.74, 6) is -0.0343. The number of nitrogens with zero attached hydrogens (tertiary/aromatic N) is 2. The van der Waals surface area contributed by atoms with Gasteiger partial charge in [0.1, 0.15) is 0 Å². The Labute approximate surface area is 123 Å². The number of benzene rings is 1. The van der Waals surface area contributed by atoms with E-state index in [0.29, 0.717) is 18.7 Å². The molecule has 21 heavy (non-hydrogen) atoms. The Kier molecular flexibility index (Phi) is 3.25. The minimum absolute atomic E-state index is 0.0343. The first-order chi connectivity index (χ1) is 10.1. The molecular weight excluding hydrogens is 266 g/mol. The second-order valence-corrected chi connectivity index (χ2v) is 5.21. The van der Waals surface area contributed by atoms with Gasteiger partial charge in [-0.15, -0.1) is 6.58 Å². The molecule has 0 spiro atoms. The van der Waals surface area contributed by atoms with Crippen molar-refractivity contribution in [3.63, 3.8) is 0 Å². The van der Waals surface area contributed by atoms with Crippen molar-refractivity contribution >= 4 is 11.9 Å². The summed E-state index contributed by atoms with van der Waals surface area (Å²) in [6, 6.07) is 8.99. The van der Waals surface area contributed by atoms with Crippen LogP contribution in [0.5, 0.6) is 0 Å². The molecule has 0 saturated carbocycles. The van der Waals surface area contributed by atoms with Crippen LogP contribution < -0.4 is 5.32 Å². The SMILES string of the molecule is C=CCN1C(=O)N[C@H](c2ccccc2)C2=C1CN(C)C2=O. The van der Waals surface area contributed by atoms with E-state index in [9.17, 15) is 9.59 Å². The Morgan fingerprint density at radius 2 is 2.05 bits per heavy atom. The van der Waals surface area contributed by atoms with Gasteiger partial charge in [-0.1, -0.05) is 36.4 Å². The summed E-state index contributed by atoms with van der Waals surface area (Å²) in [5.41, 5.74) is 2.35. The number of likely N-dealkylation sites (N-methyl/N-ethyl adjacent to an activating group) is 1. The van der Waals surface area contributed by atoms with Gasteiger partial charge in [-0.3, -0.25) is 9.69 Å². The van der Waals surface area contributed by atoms with E-state index in [1.165, 1.54) is 0 Å². The normalized spacial score (nSPS) is 21.5. The Balaban J connectivity index is 2.09. The maximum absolute atomic E-state index is 12.4. The quantitative estimate of drug-likeness (QED) is 0.858. The summed E-state index contributed by atoms with van der Waals surface area (Å²) >= 11 is 0. The van der Waals surface area contributed by atoms with Gasteiger partial charge in [-0.25, -0.2) is 4.79 Å². The van der Waals surface area contributed by atoms with Crippen molar-refractivity contribution in [2.45, 2.75) is 6.04 Å². The van der Waals surface area contributed by atoms with Crippen LogP contribution in [0.1, 0.15) is 11.6 Å². The molecule has 2 aliphatic heterocycles. The van der Waals surface area contributed by atoms with E-state index >= 15 is 0 Å². The number of carbonyl (C=O) groups is 2. The van der Waals surface area contributed by atoms with Gasteiger partial charge in [-0.05, 0) is 5.56 Å². The van der Waals surface area contributed by atoms with Crippen molar-refractivity contribution in [2.75, 3.05) is 20.1 Å². The minimum Gasteiger partial charge on any atom is -0.336 e. The molecule has 2 aliphatic rings. The molecule has 0 unspecified atom stereocenters. The van der Waals surface area contributed by atoms with Crippen LogP contribution in [0.2, 0.25) is 0 Å². The fourth-order valence-electron chi connectivity index (χ4n) is 2.85. The van der Waals surface area contributed by atoms with E-state index in [2.05, 4.69) is 11.9 Å². The summed E-state index contributed by atoms with van der Waals surface area (Å²) in [4.78, 5) is 28.0. The molecule has 0 radical (unpaired) electrons. The van der Waals surface area contributed by atoms with E-state index in [-0.39, 0.29) is 18.0 Å². The number of hydrogen-bond acceptors (Lipinski definition) is 2. The first-order valence-corrected chi connectivity index (χ1v) is 6.86. The van der Waals surface area contributed by atoms with Crippen LogP contribution in [0, 0.1) is 0 Å². The van der Waals surface area contributed by atoms with E-state index in [0.717, 1.165) is 11.3 Å². The Bertz CT molecular complexity index is 636. The number of urea groups is 1. The van der Waals surface area contributed by atoms with Gasteiger partial charge < -0.3 is 10.2 Å². The molecule has 3 rings (SSSR count). The van der Waals surface area contributed by atoms with Gasteiger partial charge in [0.15, 0.2) is 0 Å². The van der Waals surface area contributed by atoms with Crippen LogP contribution in [0.25, 0.3) is 0 Å². The molecule has 0 fully saturated rings. The van der Waals surface area contributed by atoms with Crippen molar-refractivity contribution in [1.82, 2.24) is 15.1 Å². The van der Waals surface area contributed by atoms with Gasteiger partial charge >= 0.3 is 6.03 Å². The molecule has 2 heterocycles. The number of rotatable bonds is 3. The van der Waals surface area contributed by atoms with Crippen LogP contribution >= 0.6 is 0 Å². The van der Waals surface area contributed by atoms with Crippen molar-refractivity contribution in [3.8, 4) is 0 Å². The summed E-state index contributed by atoms with van der Waals surface area (Å²) in [6.45, 7) is 4.53. The lowest BCUT2D eigenvalue weighted by molar-refractivity contribution is -0.124. The Morgan fingerprint density at radius 1 is 1.33 bits per heavy atom. The summed E-state index contributed by atoms with van der Waals surface area (Å²) in [6.07, 6.45) is 1.66. The third kappa shape index (κ3) is 2.11. The first-order valence-electron chi connectivity index (χ1n) is 6.86. The highest BCUT2D eigenvalue weighted by Crippen LogP contribution is 2.35. The average Bonchev–Trinajstić information content (AvgIpc) is 2.79. The van der Waals surface area contributed by atoms with Crippen LogP contribution in [0.15, 0.2) is 54.3 Å². The second-order valence-electron chi connectivity index (χ2n) is 5.21. The lowest BCUT2D eigenvalue weighted by Gasteiger charge is -2.33. The molecule has 1 aromatic rings. The highest BCUT2D eigenvalue weighted by atomic mass is 16.2. The fourth-order valence-corrected chi connectivity index (χ4v) is 2.85. The number of carbonyl (C=O) groups excluding carboxylic acids is 2. The highest BCUT2D eigenvalue weighted by Gasteiger charge is 2.42. The molecule has 3 amide bonds. The Morgan fingerprint density at radius 3 is 2.71 bits per heavy atom. The zero-order valence-electron chi connectivity index (χ0n) is 11.9. The number of hydrogen-bond donors (Lipinski definition) is 1. The van der Waals surface area contributed by atoms with Gasteiger partial charge in [0.25, 0.3) is 5.91 Å². The van der Waals surface area contributed by atoms with E-state index in [1.807, 2.05) is 30.3 Å². The standard InChI is InChI=1S/C16H17N3O2/c1-3-9-19-12-10-18(2)15(20)13(12)14(17-16(19)21)11-7-5-4-6-8-11/h3-8,14H,1,9-10H2,2H3,(H,17,21)/t14-/m1/s1. The zero-order valence-corrected chi connectivity index (χ0v) is 11.9. The van der Waals surface area contributed by atoms with E-state index in [1.54, 1.807) is 22.9 Å². The van der Waals surface area contributed by atoms with E-state index in [4.69, 9.17) is 0 Å². The first kappa shape index (κ1) is 13.4. The number of nitrogens with one attached hydrogen (secondary N) is 1. The van der Waals surface area contributed by atoms with Crippen molar-refractivity contribution in [1.29, 1.82) is 0 Å².